The number of methoxy groups -OCH3 is 3. The average Bonchev–Trinajstić information content (AvgIpc) is 3.30. The largest absolute Gasteiger partial charge is 0.493 e. The number of hydrogen-bond acceptors (Lipinski definition) is 8. The predicted octanol–water partition coefficient (Wildman–Crippen LogP) is 4.39. The van der Waals surface area contributed by atoms with Gasteiger partial charge in [0.1, 0.15) is 11.6 Å². The second-order valence-corrected chi connectivity index (χ2v) is 7.19. The van der Waals surface area contributed by atoms with E-state index in [4.69, 9.17) is 18.9 Å². The second-order valence-electron chi connectivity index (χ2n) is 6.34. The molecule has 0 bridgehead atoms. The quantitative estimate of drug-likeness (QED) is 0.502. The monoisotopic (exact) mass is 442 g/mol. The van der Waals surface area contributed by atoms with E-state index in [1.807, 2.05) is 23.6 Å². The number of rotatable bonds is 7. The van der Waals surface area contributed by atoms with Crippen molar-refractivity contribution in [2.45, 2.75) is 6.61 Å². The maximum atomic E-state index is 12.6. The lowest BCUT2D eigenvalue weighted by molar-refractivity contribution is 0.0469. The molecule has 0 aliphatic carbocycles. The number of thiazole rings is 1. The molecule has 162 valence electrons. The van der Waals surface area contributed by atoms with E-state index in [9.17, 15) is 9.59 Å². The Morgan fingerprint density at radius 3 is 2.48 bits per heavy atom. The molecule has 0 N–H and O–H groups in total. The molecule has 8 nitrogen and oxygen atoms in total. The molecular formula is C22H22N2O6S. The summed E-state index contributed by atoms with van der Waals surface area (Å²) in [5.41, 5.74) is 2.13. The van der Waals surface area contributed by atoms with Gasteiger partial charge in [0.05, 0.1) is 38.3 Å². The zero-order chi connectivity index (χ0) is 22.4. The van der Waals surface area contributed by atoms with Crippen molar-refractivity contribution in [3.63, 3.8) is 0 Å². The number of nitrogens with zero attached hydrogens (tertiary/aromatic N) is 2. The number of hydrogen-bond donors (Lipinski definition) is 0. The molecule has 2 aromatic carbocycles. The molecule has 31 heavy (non-hydrogen) atoms. The number of para-hydroxylation sites is 1. The Bertz CT molecular complexity index is 1080. The van der Waals surface area contributed by atoms with Gasteiger partial charge < -0.3 is 18.9 Å². The van der Waals surface area contributed by atoms with Crippen LogP contribution in [0.25, 0.3) is 10.6 Å². The highest BCUT2D eigenvalue weighted by atomic mass is 32.1. The third-order valence-corrected chi connectivity index (χ3v) is 5.41. The van der Waals surface area contributed by atoms with Gasteiger partial charge in [-0.25, -0.2) is 14.6 Å². The third kappa shape index (κ3) is 4.95. The van der Waals surface area contributed by atoms with Crippen molar-refractivity contribution in [1.29, 1.82) is 0 Å². The van der Waals surface area contributed by atoms with E-state index in [0.29, 0.717) is 22.9 Å². The number of amides is 1. The van der Waals surface area contributed by atoms with Crippen LogP contribution in [0.4, 0.5) is 10.5 Å². The van der Waals surface area contributed by atoms with Crippen LogP contribution in [0.15, 0.2) is 47.8 Å². The highest BCUT2D eigenvalue weighted by molar-refractivity contribution is 7.13. The molecule has 0 fully saturated rings. The number of anilines is 1. The molecule has 0 aliphatic rings. The zero-order valence-corrected chi connectivity index (χ0v) is 18.4. The van der Waals surface area contributed by atoms with Crippen molar-refractivity contribution in [2.75, 3.05) is 33.3 Å². The minimum absolute atomic E-state index is 0.00110. The summed E-state index contributed by atoms with van der Waals surface area (Å²) in [7, 11) is 5.95. The molecule has 3 aromatic rings. The van der Waals surface area contributed by atoms with Crippen LogP contribution in [-0.2, 0) is 16.1 Å². The molecule has 0 saturated heterocycles. The summed E-state index contributed by atoms with van der Waals surface area (Å²) in [5, 5.41) is 2.59. The van der Waals surface area contributed by atoms with Crippen LogP contribution in [-0.4, -0.2) is 45.4 Å². The average molecular weight is 442 g/mol. The summed E-state index contributed by atoms with van der Waals surface area (Å²) in [5.74, 6) is 0.675. The Morgan fingerprint density at radius 2 is 1.77 bits per heavy atom. The Kier molecular flexibility index (Phi) is 7.09. The van der Waals surface area contributed by atoms with Crippen LogP contribution in [0.5, 0.6) is 11.5 Å². The predicted molar refractivity (Wildman–Crippen MR) is 117 cm³/mol. The molecule has 0 spiro atoms. The molecule has 0 unspecified atom stereocenters. The second kappa shape index (κ2) is 9.94. The molecular weight excluding hydrogens is 420 g/mol. The summed E-state index contributed by atoms with van der Waals surface area (Å²) in [6, 6.07) is 12.2. The van der Waals surface area contributed by atoms with E-state index in [2.05, 4.69) is 4.98 Å². The normalized spacial score (nSPS) is 10.3. The van der Waals surface area contributed by atoms with E-state index >= 15 is 0 Å². The Morgan fingerprint density at radius 1 is 1.03 bits per heavy atom. The van der Waals surface area contributed by atoms with Crippen molar-refractivity contribution >= 4 is 29.1 Å². The van der Waals surface area contributed by atoms with Crippen LogP contribution >= 0.6 is 11.3 Å². The lowest BCUT2D eigenvalue weighted by Gasteiger charge is -2.18. The zero-order valence-electron chi connectivity index (χ0n) is 17.6. The Hall–Kier alpha value is -3.59. The number of aromatic nitrogens is 1. The number of carbonyl (C=O) groups is 2. The number of esters is 1. The van der Waals surface area contributed by atoms with Gasteiger partial charge in [-0.3, -0.25) is 4.90 Å². The Labute approximate surface area is 183 Å². The summed E-state index contributed by atoms with van der Waals surface area (Å²) in [4.78, 5) is 30.2. The molecule has 0 saturated carbocycles. The van der Waals surface area contributed by atoms with Crippen LogP contribution < -0.4 is 14.4 Å². The molecule has 3 rings (SSSR count). The van der Waals surface area contributed by atoms with Gasteiger partial charge in [0.25, 0.3) is 0 Å². The minimum Gasteiger partial charge on any atom is -0.493 e. The molecule has 9 heteroatoms. The SMILES string of the molecule is COC(=O)N(C)c1ccccc1C(=O)OCc1csc(-c2ccc(OC)c(OC)c2)n1. The number of benzene rings is 2. The van der Waals surface area contributed by atoms with Crippen molar-refractivity contribution in [1.82, 2.24) is 4.98 Å². The van der Waals surface area contributed by atoms with E-state index in [1.165, 1.54) is 30.4 Å². The summed E-state index contributed by atoms with van der Waals surface area (Å²) < 4.78 is 20.7. The van der Waals surface area contributed by atoms with Crippen molar-refractivity contribution < 1.29 is 28.5 Å². The highest BCUT2D eigenvalue weighted by Gasteiger charge is 2.20. The van der Waals surface area contributed by atoms with E-state index < -0.39 is 12.1 Å². The van der Waals surface area contributed by atoms with E-state index in [0.717, 1.165) is 10.6 Å². The molecule has 1 aromatic heterocycles. The fourth-order valence-electron chi connectivity index (χ4n) is 2.87. The van der Waals surface area contributed by atoms with Gasteiger partial charge in [-0.1, -0.05) is 12.1 Å². The molecule has 1 amide bonds. The first-order chi connectivity index (χ1) is 15.0. The Balaban J connectivity index is 1.72. The van der Waals surface area contributed by atoms with Gasteiger partial charge in [-0.15, -0.1) is 11.3 Å². The standard InChI is InChI=1S/C22H22N2O6S/c1-24(22(26)29-4)17-8-6-5-7-16(17)21(25)30-12-15-13-31-20(23-15)14-9-10-18(27-2)19(11-14)28-3/h5-11,13H,12H2,1-4H3. The maximum absolute atomic E-state index is 12.6. The van der Waals surface area contributed by atoms with Crippen LogP contribution in [0.2, 0.25) is 0 Å². The lowest BCUT2D eigenvalue weighted by atomic mass is 10.1. The van der Waals surface area contributed by atoms with Crippen LogP contribution in [0.1, 0.15) is 16.1 Å². The third-order valence-electron chi connectivity index (χ3n) is 4.47. The smallest absolute Gasteiger partial charge is 0.413 e. The lowest BCUT2D eigenvalue weighted by Crippen LogP contribution is -2.27. The van der Waals surface area contributed by atoms with Gasteiger partial charge >= 0.3 is 12.1 Å². The molecule has 0 aliphatic heterocycles. The topological polar surface area (TPSA) is 87.2 Å². The van der Waals surface area contributed by atoms with Gasteiger partial charge in [-0.05, 0) is 30.3 Å². The fourth-order valence-corrected chi connectivity index (χ4v) is 3.67. The van der Waals surface area contributed by atoms with Crippen LogP contribution in [0.3, 0.4) is 0 Å². The van der Waals surface area contributed by atoms with Gasteiger partial charge in [0.15, 0.2) is 11.5 Å². The van der Waals surface area contributed by atoms with Crippen molar-refractivity contribution in [3.05, 3.63) is 59.1 Å². The molecule has 0 atom stereocenters. The number of carbonyl (C=O) groups excluding carboxylic acids is 2. The minimum atomic E-state index is -0.584. The molecule has 0 radical (unpaired) electrons. The highest BCUT2D eigenvalue weighted by Crippen LogP contribution is 2.33. The van der Waals surface area contributed by atoms with Crippen LogP contribution in [0, 0.1) is 0 Å². The van der Waals surface area contributed by atoms with Crippen molar-refractivity contribution in [3.8, 4) is 22.1 Å². The van der Waals surface area contributed by atoms with E-state index in [1.54, 1.807) is 38.5 Å². The summed E-state index contributed by atoms with van der Waals surface area (Å²) >= 11 is 1.43. The van der Waals surface area contributed by atoms with Gasteiger partial charge in [-0.2, -0.15) is 0 Å². The first-order valence-electron chi connectivity index (χ1n) is 9.23. The van der Waals surface area contributed by atoms with E-state index in [-0.39, 0.29) is 12.2 Å². The van der Waals surface area contributed by atoms with Crippen molar-refractivity contribution in [2.24, 2.45) is 0 Å². The fraction of sp³-hybridized carbons (Fsp3) is 0.227. The van der Waals surface area contributed by atoms with Gasteiger partial charge in [0, 0.05) is 18.0 Å². The first kappa shape index (κ1) is 22.1. The molecule has 1 heterocycles. The van der Waals surface area contributed by atoms with Gasteiger partial charge in [0.2, 0.25) is 0 Å². The summed E-state index contributed by atoms with van der Waals surface area (Å²) in [6.45, 7) is -0.00110. The summed E-state index contributed by atoms with van der Waals surface area (Å²) in [6.07, 6.45) is -0.584. The number of ether oxygens (including phenoxy) is 4. The first-order valence-corrected chi connectivity index (χ1v) is 10.1. The maximum Gasteiger partial charge on any atom is 0.413 e.